The Labute approximate surface area is 115 Å². The largest absolute Gasteiger partial charge is 0.389 e. The first-order chi connectivity index (χ1) is 9.25. The van der Waals surface area contributed by atoms with Gasteiger partial charge in [-0.3, -0.25) is 4.90 Å². The maximum atomic E-state index is 9.91. The summed E-state index contributed by atoms with van der Waals surface area (Å²) in [7, 11) is 0. The van der Waals surface area contributed by atoms with Crippen LogP contribution in [0.3, 0.4) is 0 Å². The summed E-state index contributed by atoms with van der Waals surface area (Å²) >= 11 is 0. The van der Waals surface area contributed by atoms with Crippen LogP contribution in [-0.2, 0) is 0 Å². The topological polar surface area (TPSA) is 26.7 Å². The van der Waals surface area contributed by atoms with Gasteiger partial charge in [-0.2, -0.15) is 0 Å². The first kappa shape index (κ1) is 12.9. The Hall–Kier alpha value is -1.06. The lowest BCUT2D eigenvalue weighted by Crippen LogP contribution is -2.35. The van der Waals surface area contributed by atoms with E-state index in [1.807, 2.05) is 19.1 Å². The van der Waals surface area contributed by atoms with Gasteiger partial charge in [-0.25, -0.2) is 0 Å². The Morgan fingerprint density at radius 2 is 1.89 bits per heavy atom. The van der Waals surface area contributed by atoms with E-state index in [4.69, 9.17) is 0 Å². The second kappa shape index (κ2) is 5.51. The molecule has 2 heterocycles. The summed E-state index contributed by atoms with van der Waals surface area (Å²) < 4.78 is 0. The van der Waals surface area contributed by atoms with E-state index in [1.165, 1.54) is 38.0 Å². The minimum atomic E-state index is -0.387. The number of benzene rings is 1. The number of likely N-dealkylation sites (tertiary alicyclic amines) is 1. The number of hydrogen-bond acceptors (Lipinski definition) is 3. The van der Waals surface area contributed by atoms with Gasteiger partial charge in [-0.05, 0) is 45.3 Å². The van der Waals surface area contributed by atoms with Crippen molar-refractivity contribution in [3.8, 4) is 0 Å². The molecular formula is C16H24N2O. The van der Waals surface area contributed by atoms with Crippen LogP contribution in [0.5, 0.6) is 0 Å². The predicted octanol–water partition coefficient (Wildman–Crippen LogP) is 2.41. The van der Waals surface area contributed by atoms with Crippen molar-refractivity contribution in [3.05, 3.63) is 29.8 Å². The summed E-state index contributed by atoms with van der Waals surface area (Å²) in [5.41, 5.74) is 2.28. The Morgan fingerprint density at radius 1 is 1.16 bits per heavy atom. The fourth-order valence-electron chi connectivity index (χ4n) is 3.49. The number of aliphatic hydroxyl groups is 1. The van der Waals surface area contributed by atoms with E-state index in [0.717, 1.165) is 18.7 Å². The van der Waals surface area contributed by atoms with E-state index in [-0.39, 0.29) is 6.10 Å². The normalized spacial score (nSPS) is 26.0. The molecule has 1 aromatic rings. The van der Waals surface area contributed by atoms with Gasteiger partial charge in [0.05, 0.1) is 6.10 Å². The Bertz CT molecular complexity index is 427. The van der Waals surface area contributed by atoms with E-state index in [9.17, 15) is 5.11 Å². The van der Waals surface area contributed by atoms with Crippen molar-refractivity contribution in [1.82, 2.24) is 4.90 Å². The van der Waals surface area contributed by atoms with Crippen LogP contribution in [0.2, 0.25) is 0 Å². The van der Waals surface area contributed by atoms with E-state index in [0.29, 0.717) is 6.04 Å². The zero-order chi connectivity index (χ0) is 13.2. The predicted molar refractivity (Wildman–Crippen MR) is 78.5 cm³/mol. The molecule has 2 saturated heterocycles. The molecule has 2 aliphatic rings. The van der Waals surface area contributed by atoms with Crippen molar-refractivity contribution in [2.24, 2.45) is 0 Å². The van der Waals surface area contributed by atoms with Crippen LogP contribution < -0.4 is 4.90 Å². The summed E-state index contributed by atoms with van der Waals surface area (Å²) in [5.74, 6) is 0. The van der Waals surface area contributed by atoms with Crippen molar-refractivity contribution in [2.45, 2.75) is 38.3 Å². The zero-order valence-electron chi connectivity index (χ0n) is 11.8. The lowest BCUT2D eigenvalue weighted by atomic mass is 10.1. The second-order valence-electron chi connectivity index (χ2n) is 5.87. The lowest BCUT2D eigenvalue weighted by Gasteiger charge is -2.26. The molecule has 0 radical (unpaired) electrons. The highest BCUT2D eigenvalue weighted by Gasteiger charge is 2.30. The highest BCUT2D eigenvalue weighted by molar-refractivity contribution is 5.55. The number of para-hydroxylation sites is 1. The molecule has 3 rings (SSSR count). The first-order valence-corrected chi connectivity index (χ1v) is 7.51. The van der Waals surface area contributed by atoms with Gasteiger partial charge in [0.15, 0.2) is 0 Å². The highest BCUT2D eigenvalue weighted by atomic mass is 16.3. The smallest absolute Gasteiger partial charge is 0.0781 e. The van der Waals surface area contributed by atoms with Gasteiger partial charge in [0.25, 0.3) is 0 Å². The maximum Gasteiger partial charge on any atom is 0.0781 e. The monoisotopic (exact) mass is 260 g/mol. The molecule has 2 unspecified atom stereocenters. The van der Waals surface area contributed by atoms with E-state index in [2.05, 4.69) is 21.9 Å². The van der Waals surface area contributed by atoms with Gasteiger partial charge in [-0.1, -0.05) is 18.2 Å². The van der Waals surface area contributed by atoms with E-state index >= 15 is 0 Å². The molecule has 104 valence electrons. The van der Waals surface area contributed by atoms with Crippen molar-refractivity contribution in [3.63, 3.8) is 0 Å². The average molecular weight is 260 g/mol. The molecule has 2 aliphatic heterocycles. The van der Waals surface area contributed by atoms with Gasteiger partial charge in [0.2, 0.25) is 0 Å². The molecule has 1 aromatic carbocycles. The molecular weight excluding hydrogens is 236 g/mol. The van der Waals surface area contributed by atoms with E-state index in [1.54, 1.807) is 0 Å². The van der Waals surface area contributed by atoms with Crippen LogP contribution in [0.15, 0.2) is 24.3 Å². The Balaban J connectivity index is 1.73. The van der Waals surface area contributed by atoms with Gasteiger partial charge in [0.1, 0.15) is 0 Å². The number of aliphatic hydroxyl groups excluding tert-OH is 1. The van der Waals surface area contributed by atoms with Gasteiger partial charge in [0, 0.05) is 30.4 Å². The zero-order valence-corrected chi connectivity index (χ0v) is 11.8. The van der Waals surface area contributed by atoms with Crippen LogP contribution in [0.25, 0.3) is 0 Å². The number of anilines is 1. The van der Waals surface area contributed by atoms with Crippen LogP contribution in [0.1, 0.15) is 37.9 Å². The molecule has 0 bridgehead atoms. The summed E-state index contributed by atoms with van der Waals surface area (Å²) in [6, 6.07) is 8.99. The van der Waals surface area contributed by atoms with Gasteiger partial charge in [-0.15, -0.1) is 0 Å². The van der Waals surface area contributed by atoms with Crippen LogP contribution in [-0.4, -0.2) is 42.2 Å². The summed E-state index contributed by atoms with van der Waals surface area (Å²) in [4.78, 5) is 5.09. The number of hydrogen-bond donors (Lipinski definition) is 1. The molecule has 0 spiro atoms. The fourth-order valence-corrected chi connectivity index (χ4v) is 3.49. The van der Waals surface area contributed by atoms with Crippen molar-refractivity contribution < 1.29 is 5.11 Å². The second-order valence-corrected chi connectivity index (χ2v) is 5.87. The third-order valence-electron chi connectivity index (χ3n) is 4.55. The van der Waals surface area contributed by atoms with Crippen molar-refractivity contribution in [2.75, 3.05) is 31.1 Å². The maximum absolute atomic E-state index is 9.91. The van der Waals surface area contributed by atoms with E-state index < -0.39 is 0 Å². The quantitative estimate of drug-likeness (QED) is 0.904. The molecule has 3 nitrogen and oxygen atoms in total. The summed E-state index contributed by atoms with van der Waals surface area (Å²) in [6.45, 7) is 6.63. The number of rotatable bonds is 3. The Morgan fingerprint density at radius 3 is 2.63 bits per heavy atom. The molecule has 1 N–H and O–H groups in total. The Kier molecular flexibility index (Phi) is 3.76. The minimum Gasteiger partial charge on any atom is -0.389 e. The fraction of sp³-hybridized carbons (Fsp3) is 0.625. The van der Waals surface area contributed by atoms with Crippen LogP contribution in [0, 0.1) is 0 Å². The van der Waals surface area contributed by atoms with Crippen molar-refractivity contribution in [1.29, 1.82) is 0 Å². The molecule has 0 aliphatic carbocycles. The van der Waals surface area contributed by atoms with Crippen LogP contribution >= 0.6 is 0 Å². The van der Waals surface area contributed by atoms with Crippen LogP contribution in [0.4, 0.5) is 5.69 Å². The molecule has 0 amide bonds. The molecule has 2 fully saturated rings. The van der Waals surface area contributed by atoms with Gasteiger partial charge < -0.3 is 10.0 Å². The molecule has 3 heteroatoms. The molecule has 0 aromatic heterocycles. The third-order valence-corrected chi connectivity index (χ3v) is 4.55. The van der Waals surface area contributed by atoms with Crippen molar-refractivity contribution >= 4 is 5.69 Å². The first-order valence-electron chi connectivity index (χ1n) is 7.51. The third kappa shape index (κ3) is 2.63. The number of nitrogens with zero attached hydrogens (tertiary/aromatic N) is 2. The summed E-state index contributed by atoms with van der Waals surface area (Å²) in [5, 5.41) is 9.91. The SMILES string of the molecule is CC(O)c1ccccc1N1CCC(N2CCCC2)C1. The molecule has 0 saturated carbocycles. The minimum absolute atomic E-state index is 0.387. The molecule has 2 atom stereocenters. The standard InChI is InChI=1S/C16H24N2O/c1-13(19)15-6-2-3-7-16(15)18-11-8-14(12-18)17-9-4-5-10-17/h2-3,6-7,13-14,19H,4-5,8-12H2,1H3. The highest BCUT2D eigenvalue weighted by Crippen LogP contribution is 2.30. The summed E-state index contributed by atoms with van der Waals surface area (Å²) in [6.07, 6.45) is 3.59. The van der Waals surface area contributed by atoms with Gasteiger partial charge >= 0.3 is 0 Å². The molecule has 19 heavy (non-hydrogen) atoms. The average Bonchev–Trinajstić information content (AvgIpc) is 3.09. The lowest BCUT2D eigenvalue weighted by molar-refractivity contribution is 0.199.